The van der Waals surface area contributed by atoms with Crippen molar-refractivity contribution >= 4 is 29.1 Å². The largest absolute Gasteiger partial charge is 0.334 e. The number of likely N-dealkylation sites (N-methyl/N-ethyl adjacent to an activating group) is 1. The highest BCUT2D eigenvalue weighted by atomic mass is 16.2. The van der Waals surface area contributed by atoms with Gasteiger partial charge in [0.1, 0.15) is 11.7 Å². The minimum Gasteiger partial charge on any atom is -0.334 e. The van der Waals surface area contributed by atoms with Crippen molar-refractivity contribution in [2.45, 2.75) is 38.8 Å². The number of hydrogen-bond acceptors (Lipinski definition) is 5. The van der Waals surface area contributed by atoms with Gasteiger partial charge in [0, 0.05) is 56.2 Å². The van der Waals surface area contributed by atoms with Crippen LogP contribution in [0.4, 0.5) is 11.4 Å². The Balaban J connectivity index is 1.43. The van der Waals surface area contributed by atoms with Gasteiger partial charge in [-0.3, -0.25) is 24.0 Å². The summed E-state index contributed by atoms with van der Waals surface area (Å²) in [5, 5.41) is 7.34. The van der Waals surface area contributed by atoms with Crippen molar-refractivity contribution in [3.8, 4) is 0 Å². The highest BCUT2D eigenvalue weighted by Crippen LogP contribution is 2.24. The predicted molar refractivity (Wildman–Crippen MR) is 122 cm³/mol. The number of rotatable bonds is 5. The van der Waals surface area contributed by atoms with E-state index < -0.39 is 6.04 Å². The van der Waals surface area contributed by atoms with Crippen LogP contribution in [-0.2, 0) is 9.59 Å². The zero-order valence-corrected chi connectivity index (χ0v) is 18.8. The van der Waals surface area contributed by atoms with Gasteiger partial charge in [0.25, 0.3) is 5.91 Å². The van der Waals surface area contributed by atoms with E-state index in [0.29, 0.717) is 44.0 Å². The molecule has 2 aliphatic rings. The van der Waals surface area contributed by atoms with E-state index in [1.807, 2.05) is 50.1 Å². The Morgan fingerprint density at radius 2 is 1.97 bits per heavy atom. The first-order valence-corrected chi connectivity index (χ1v) is 11.1. The molecule has 3 heterocycles. The molecule has 0 radical (unpaired) electrons. The molecule has 170 valence electrons. The van der Waals surface area contributed by atoms with Crippen LogP contribution >= 0.6 is 0 Å². The van der Waals surface area contributed by atoms with Crippen LogP contribution < -0.4 is 10.2 Å². The van der Waals surface area contributed by atoms with Crippen LogP contribution in [0.15, 0.2) is 36.5 Å². The van der Waals surface area contributed by atoms with Gasteiger partial charge in [-0.05, 0) is 51.6 Å². The van der Waals surface area contributed by atoms with Gasteiger partial charge in [0.05, 0.1) is 0 Å². The average Bonchev–Trinajstić information content (AvgIpc) is 3.43. The van der Waals surface area contributed by atoms with Crippen molar-refractivity contribution in [1.82, 2.24) is 19.6 Å². The molecule has 0 bridgehead atoms. The van der Waals surface area contributed by atoms with E-state index in [-0.39, 0.29) is 23.8 Å². The molecule has 9 heteroatoms. The van der Waals surface area contributed by atoms with E-state index in [2.05, 4.69) is 10.4 Å². The maximum Gasteiger partial charge on any atom is 0.274 e. The van der Waals surface area contributed by atoms with Crippen molar-refractivity contribution in [3.05, 3.63) is 42.2 Å². The summed E-state index contributed by atoms with van der Waals surface area (Å²) in [7, 11) is 1.89. The number of nitrogens with one attached hydrogen (secondary N) is 1. The normalized spacial score (nSPS) is 19.6. The van der Waals surface area contributed by atoms with Crippen LogP contribution in [0.2, 0.25) is 0 Å². The third kappa shape index (κ3) is 4.52. The fourth-order valence-electron chi connectivity index (χ4n) is 4.14. The van der Waals surface area contributed by atoms with Gasteiger partial charge in [-0.2, -0.15) is 5.10 Å². The average molecular weight is 439 g/mol. The summed E-state index contributed by atoms with van der Waals surface area (Å²) >= 11 is 0. The molecular formula is C23H30N6O3. The molecule has 0 aliphatic carbocycles. The molecule has 9 nitrogen and oxygen atoms in total. The number of hydrogen-bond donors (Lipinski definition) is 1. The number of amides is 3. The first kappa shape index (κ1) is 22.0. The molecular weight excluding hydrogens is 408 g/mol. The topological polar surface area (TPSA) is 90.8 Å². The van der Waals surface area contributed by atoms with Gasteiger partial charge in [-0.15, -0.1) is 0 Å². The monoisotopic (exact) mass is 438 g/mol. The lowest BCUT2D eigenvalue weighted by Gasteiger charge is -2.38. The van der Waals surface area contributed by atoms with Crippen LogP contribution in [-0.4, -0.2) is 76.6 Å². The quantitative estimate of drug-likeness (QED) is 0.771. The highest BCUT2D eigenvalue weighted by Gasteiger charge is 2.33. The van der Waals surface area contributed by atoms with Gasteiger partial charge in [0.2, 0.25) is 11.8 Å². The smallest absolute Gasteiger partial charge is 0.274 e. The molecule has 3 amide bonds. The third-order valence-corrected chi connectivity index (χ3v) is 6.09. The van der Waals surface area contributed by atoms with Crippen LogP contribution in [0.5, 0.6) is 0 Å². The zero-order valence-electron chi connectivity index (χ0n) is 18.8. The van der Waals surface area contributed by atoms with E-state index in [0.717, 1.165) is 12.1 Å². The fraction of sp³-hybridized carbons (Fsp3) is 0.478. The molecule has 0 unspecified atom stereocenters. The Kier molecular flexibility index (Phi) is 6.27. The van der Waals surface area contributed by atoms with Crippen molar-refractivity contribution in [2.75, 3.05) is 43.4 Å². The molecule has 2 fully saturated rings. The number of nitrogens with zero attached hydrogens (tertiary/aromatic N) is 5. The molecule has 2 aliphatic heterocycles. The Bertz CT molecular complexity index is 1020. The summed E-state index contributed by atoms with van der Waals surface area (Å²) in [5.74, 6) is -0.234. The van der Waals surface area contributed by atoms with E-state index in [9.17, 15) is 14.4 Å². The lowest BCUT2D eigenvalue weighted by atomic mass is 10.1. The maximum atomic E-state index is 13.1. The number of anilines is 2. The van der Waals surface area contributed by atoms with Crippen LogP contribution in [0, 0.1) is 0 Å². The second-order valence-corrected chi connectivity index (χ2v) is 8.71. The summed E-state index contributed by atoms with van der Waals surface area (Å²) in [4.78, 5) is 43.5. The number of benzene rings is 1. The van der Waals surface area contributed by atoms with Crippen molar-refractivity contribution in [1.29, 1.82) is 0 Å². The van der Waals surface area contributed by atoms with E-state index >= 15 is 0 Å². The standard InChI is InChI=1S/C23H30N6O3/c1-16(2)29-11-9-19(25-29)23(32)27-13-12-26(3)20(15-27)22(31)24-17-6-4-7-18(14-17)28-10-5-8-21(28)30/h4,6-7,9,11,14,16,20H,5,8,10,12-13,15H2,1-3H3,(H,24,31)/t20-/m0/s1. The summed E-state index contributed by atoms with van der Waals surface area (Å²) in [6.07, 6.45) is 3.21. The molecule has 1 aromatic heterocycles. The van der Waals surface area contributed by atoms with Crippen LogP contribution in [0.25, 0.3) is 0 Å². The second kappa shape index (κ2) is 9.12. The fourth-order valence-corrected chi connectivity index (χ4v) is 4.14. The van der Waals surface area contributed by atoms with Gasteiger partial charge >= 0.3 is 0 Å². The minimum atomic E-state index is -0.475. The predicted octanol–water partition coefficient (Wildman–Crippen LogP) is 1.99. The third-order valence-electron chi connectivity index (χ3n) is 6.09. The molecule has 32 heavy (non-hydrogen) atoms. The Labute approximate surface area is 188 Å². The van der Waals surface area contributed by atoms with Gasteiger partial charge in [-0.25, -0.2) is 0 Å². The SMILES string of the molecule is CC(C)n1ccc(C(=O)N2CCN(C)[C@H](C(=O)Nc3cccc(N4CCCC4=O)c3)C2)n1. The van der Waals surface area contributed by atoms with E-state index in [1.165, 1.54) is 0 Å². The summed E-state index contributed by atoms with van der Waals surface area (Å²) in [5.41, 5.74) is 1.82. The van der Waals surface area contributed by atoms with Crippen LogP contribution in [0.1, 0.15) is 43.2 Å². The number of piperazine rings is 1. The summed E-state index contributed by atoms with van der Waals surface area (Å²) in [6, 6.07) is 8.77. The number of carbonyl (C=O) groups excluding carboxylic acids is 3. The Morgan fingerprint density at radius 3 is 2.66 bits per heavy atom. The molecule has 1 atom stereocenters. The summed E-state index contributed by atoms with van der Waals surface area (Å²) in [6.45, 7) is 6.14. The van der Waals surface area contributed by atoms with E-state index in [1.54, 1.807) is 26.7 Å². The molecule has 2 aromatic rings. The zero-order chi connectivity index (χ0) is 22.8. The maximum absolute atomic E-state index is 13.1. The Morgan fingerprint density at radius 1 is 1.16 bits per heavy atom. The van der Waals surface area contributed by atoms with Gasteiger partial charge in [-0.1, -0.05) is 6.07 Å². The first-order chi connectivity index (χ1) is 15.3. The van der Waals surface area contributed by atoms with Crippen molar-refractivity contribution in [2.24, 2.45) is 0 Å². The lowest BCUT2D eigenvalue weighted by Crippen LogP contribution is -2.57. The molecule has 1 aromatic carbocycles. The van der Waals surface area contributed by atoms with E-state index in [4.69, 9.17) is 0 Å². The second-order valence-electron chi connectivity index (χ2n) is 8.71. The molecule has 0 saturated carbocycles. The Hall–Kier alpha value is -3.20. The summed E-state index contributed by atoms with van der Waals surface area (Å²) < 4.78 is 1.76. The molecule has 0 spiro atoms. The molecule has 4 rings (SSSR count). The van der Waals surface area contributed by atoms with Gasteiger partial charge < -0.3 is 15.1 Å². The number of aromatic nitrogens is 2. The lowest BCUT2D eigenvalue weighted by molar-refractivity contribution is -0.122. The van der Waals surface area contributed by atoms with Crippen molar-refractivity contribution in [3.63, 3.8) is 0 Å². The molecule has 2 saturated heterocycles. The van der Waals surface area contributed by atoms with Crippen LogP contribution in [0.3, 0.4) is 0 Å². The van der Waals surface area contributed by atoms with Gasteiger partial charge in [0.15, 0.2) is 0 Å². The first-order valence-electron chi connectivity index (χ1n) is 11.1. The minimum absolute atomic E-state index is 0.106. The highest BCUT2D eigenvalue weighted by molar-refractivity contribution is 5.99. The molecule has 1 N–H and O–H groups in total. The van der Waals surface area contributed by atoms with Crippen molar-refractivity contribution < 1.29 is 14.4 Å². The number of carbonyl (C=O) groups is 3.